The fourth-order valence-corrected chi connectivity index (χ4v) is 1.21. The monoisotopic (exact) mass is 234 g/mol. The largest absolute Gasteiger partial charge is 0.298 e. The van der Waals surface area contributed by atoms with Gasteiger partial charge in [-0.05, 0) is 13.0 Å². The first-order valence-electron chi connectivity index (χ1n) is 3.17. The topological polar surface area (TPSA) is 17.1 Å². The van der Waals surface area contributed by atoms with Crippen molar-refractivity contribution in [2.75, 3.05) is 0 Å². The van der Waals surface area contributed by atoms with Crippen molar-refractivity contribution in [3.05, 3.63) is 33.3 Å². The number of halogens is 3. The highest BCUT2D eigenvalue weighted by atomic mass is 79.9. The average Bonchev–Trinajstić information content (AvgIpc) is 2.08. The van der Waals surface area contributed by atoms with Gasteiger partial charge in [-0.15, -0.1) is 0 Å². The lowest BCUT2D eigenvalue weighted by atomic mass is 10.1. The first kappa shape index (κ1) is 9.32. The number of hydrogen-bond donors (Lipinski definition) is 0. The zero-order valence-electron chi connectivity index (χ0n) is 6.20. The maximum absolute atomic E-state index is 12.9. The molecule has 0 unspecified atom stereocenters. The van der Waals surface area contributed by atoms with Crippen LogP contribution in [0.15, 0.2) is 10.5 Å². The molecule has 0 amide bonds. The second-order valence-electron chi connectivity index (χ2n) is 2.32. The number of hydrogen-bond acceptors (Lipinski definition) is 1. The van der Waals surface area contributed by atoms with Gasteiger partial charge in [0, 0.05) is 10.0 Å². The van der Waals surface area contributed by atoms with E-state index in [-0.39, 0.29) is 17.4 Å². The number of carbonyl (C=O) groups is 1. The minimum atomic E-state index is -1.09. The van der Waals surface area contributed by atoms with Crippen LogP contribution in [-0.4, -0.2) is 6.29 Å². The Morgan fingerprint density at radius 3 is 2.50 bits per heavy atom. The van der Waals surface area contributed by atoms with Crippen LogP contribution < -0.4 is 0 Å². The third kappa shape index (κ3) is 1.39. The molecule has 0 aromatic heterocycles. The molecular formula is C8H5BrF2O. The predicted molar refractivity (Wildman–Crippen MR) is 44.2 cm³/mol. The third-order valence-electron chi connectivity index (χ3n) is 1.54. The Kier molecular flexibility index (Phi) is 2.57. The van der Waals surface area contributed by atoms with Crippen LogP contribution >= 0.6 is 15.9 Å². The summed E-state index contributed by atoms with van der Waals surface area (Å²) < 4.78 is 26.1. The van der Waals surface area contributed by atoms with Gasteiger partial charge in [-0.1, -0.05) is 15.9 Å². The van der Waals surface area contributed by atoms with E-state index in [2.05, 4.69) is 15.9 Å². The maximum Gasteiger partial charge on any atom is 0.169 e. The van der Waals surface area contributed by atoms with Gasteiger partial charge in [0.15, 0.2) is 17.9 Å². The fraction of sp³-hybridized carbons (Fsp3) is 0.125. The molecule has 0 fully saturated rings. The lowest BCUT2D eigenvalue weighted by Gasteiger charge is -2.02. The summed E-state index contributed by atoms with van der Waals surface area (Å²) in [5, 5.41) is 0. The summed E-state index contributed by atoms with van der Waals surface area (Å²) in [5.41, 5.74) is -0.108. The summed E-state index contributed by atoms with van der Waals surface area (Å²) in [4.78, 5) is 10.2. The van der Waals surface area contributed by atoms with Crippen LogP contribution in [0.2, 0.25) is 0 Å². The number of rotatable bonds is 1. The van der Waals surface area contributed by atoms with Crippen molar-refractivity contribution in [1.82, 2.24) is 0 Å². The molecule has 0 N–H and O–H groups in total. The Labute approximate surface area is 76.5 Å². The van der Waals surface area contributed by atoms with Crippen LogP contribution in [-0.2, 0) is 0 Å². The van der Waals surface area contributed by atoms with Crippen molar-refractivity contribution >= 4 is 22.2 Å². The minimum Gasteiger partial charge on any atom is -0.298 e. The van der Waals surface area contributed by atoms with Crippen molar-refractivity contribution < 1.29 is 13.6 Å². The van der Waals surface area contributed by atoms with E-state index in [4.69, 9.17) is 0 Å². The summed E-state index contributed by atoms with van der Waals surface area (Å²) in [5.74, 6) is -2.07. The van der Waals surface area contributed by atoms with Gasteiger partial charge in [0.05, 0.1) is 5.56 Å². The Bertz CT molecular complexity index is 336. The van der Waals surface area contributed by atoms with Crippen molar-refractivity contribution in [2.24, 2.45) is 0 Å². The Hall–Kier alpha value is -0.770. The van der Waals surface area contributed by atoms with Crippen molar-refractivity contribution in [3.8, 4) is 0 Å². The molecule has 1 nitrogen and oxygen atoms in total. The number of carbonyl (C=O) groups excluding carboxylic acids is 1. The van der Waals surface area contributed by atoms with Crippen LogP contribution in [0.25, 0.3) is 0 Å². The molecule has 0 heterocycles. The molecule has 1 aromatic rings. The highest BCUT2D eigenvalue weighted by Gasteiger charge is 2.13. The molecule has 0 saturated heterocycles. The van der Waals surface area contributed by atoms with E-state index >= 15 is 0 Å². The zero-order chi connectivity index (χ0) is 9.30. The minimum absolute atomic E-state index is 0.165. The molecule has 64 valence electrons. The quantitative estimate of drug-likeness (QED) is 0.540. The second-order valence-corrected chi connectivity index (χ2v) is 3.17. The van der Waals surface area contributed by atoms with E-state index in [0.717, 1.165) is 0 Å². The highest BCUT2D eigenvalue weighted by Crippen LogP contribution is 2.23. The summed E-state index contributed by atoms with van der Waals surface area (Å²) in [6, 6.07) is 1.25. The van der Waals surface area contributed by atoms with Gasteiger partial charge in [-0.2, -0.15) is 0 Å². The van der Waals surface area contributed by atoms with Gasteiger partial charge in [0.25, 0.3) is 0 Å². The van der Waals surface area contributed by atoms with Crippen LogP contribution in [0.1, 0.15) is 15.9 Å². The van der Waals surface area contributed by atoms with E-state index in [1.807, 2.05) is 0 Å². The lowest BCUT2D eigenvalue weighted by Crippen LogP contribution is -1.96. The number of aldehydes is 1. The summed E-state index contributed by atoms with van der Waals surface area (Å²) in [6.07, 6.45) is 0.280. The van der Waals surface area contributed by atoms with Gasteiger partial charge in [-0.25, -0.2) is 8.78 Å². The van der Waals surface area contributed by atoms with Gasteiger partial charge >= 0.3 is 0 Å². The molecule has 0 aliphatic rings. The average molecular weight is 235 g/mol. The fourth-order valence-electron chi connectivity index (χ4n) is 0.790. The van der Waals surface area contributed by atoms with Gasteiger partial charge in [-0.3, -0.25) is 4.79 Å². The maximum atomic E-state index is 12.9. The lowest BCUT2D eigenvalue weighted by molar-refractivity contribution is 0.111. The van der Waals surface area contributed by atoms with Gasteiger partial charge in [0.1, 0.15) is 0 Å². The third-order valence-corrected chi connectivity index (χ3v) is 2.37. The first-order valence-corrected chi connectivity index (χ1v) is 3.96. The molecule has 1 aromatic carbocycles. The molecule has 0 radical (unpaired) electrons. The normalized spacial score (nSPS) is 10.0. The molecule has 0 saturated carbocycles. The van der Waals surface area contributed by atoms with Crippen LogP contribution in [0.4, 0.5) is 8.78 Å². The molecule has 0 spiro atoms. The molecule has 0 atom stereocenters. The van der Waals surface area contributed by atoms with E-state index in [1.54, 1.807) is 0 Å². The molecule has 0 aliphatic carbocycles. The van der Waals surface area contributed by atoms with E-state index in [0.29, 0.717) is 4.47 Å². The van der Waals surface area contributed by atoms with E-state index in [9.17, 15) is 13.6 Å². The smallest absolute Gasteiger partial charge is 0.169 e. The standard InChI is InChI=1S/C8H5BrF2O/c1-4-6(9)2-5(3-12)8(11)7(4)10/h2-3H,1H3. The molecule has 0 bridgehead atoms. The second kappa shape index (κ2) is 3.31. The highest BCUT2D eigenvalue weighted by molar-refractivity contribution is 9.10. The molecule has 4 heteroatoms. The van der Waals surface area contributed by atoms with E-state index in [1.165, 1.54) is 13.0 Å². The van der Waals surface area contributed by atoms with Crippen LogP contribution in [0, 0.1) is 18.6 Å². The van der Waals surface area contributed by atoms with Crippen LogP contribution in [0.3, 0.4) is 0 Å². The summed E-state index contributed by atoms with van der Waals surface area (Å²) in [6.45, 7) is 1.43. The number of benzene rings is 1. The summed E-state index contributed by atoms with van der Waals surface area (Å²) in [7, 11) is 0. The van der Waals surface area contributed by atoms with Crippen molar-refractivity contribution in [2.45, 2.75) is 6.92 Å². The Morgan fingerprint density at radius 1 is 1.42 bits per heavy atom. The molecule has 1 rings (SSSR count). The van der Waals surface area contributed by atoms with Crippen molar-refractivity contribution in [1.29, 1.82) is 0 Å². The molecular weight excluding hydrogens is 230 g/mol. The molecule has 0 aliphatic heterocycles. The first-order chi connectivity index (χ1) is 5.57. The SMILES string of the molecule is Cc1c(Br)cc(C=O)c(F)c1F. The van der Waals surface area contributed by atoms with E-state index < -0.39 is 11.6 Å². The Morgan fingerprint density at radius 2 is 2.00 bits per heavy atom. The van der Waals surface area contributed by atoms with Gasteiger partial charge in [0.2, 0.25) is 0 Å². The molecule has 12 heavy (non-hydrogen) atoms. The van der Waals surface area contributed by atoms with Gasteiger partial charge < -0.3 is 0 Å². The summed E-state index contributed by atoms with van der Waals surface area (Å²) >= 11 is 3.01. The van der Waals surface area contributed by atoms with Crippen molar-refractivity contribution in [3.63, 3.8) is 0 Å². The Balaban J connectivity index is 3.49. The zero-order valence-corrected chi connectivity index (χ0v) is 7.78. The predicted octanol–water partition coefficient (Wildman–Crippen LogP) is 2.85. The van der Waals surface area contributed by atoms with Crippen LogP contribution in [0.5, 0.6) is 0 Å².